The van der Waals surface area contributed by atoms with Gasteiger partial charge >= 0.3 is 0 Å². The topological polar surface area (TPSA) is 50.4 Å². The highest BCUT2D eigenvalue weighted by atomic mass is 79.9. The maximum absolute atomic E-state index is 12.8. The Morgan fingerprint density at radius 2 is 2.00 bits per heavy atom. The standard InChI is InChI=1S/C18H25BrN2O2.ClH/c1-23-18(8-10-20-11-9-18)16(22)21-13-17(6-3-7-17)14-4-2-5-15(19)12-14;/h2,4-5,12,20H,3,6-11,13H2,1H3,(H,21,22);1H. The summed E-state index contributed by atoms with van der Waals surface area (Å²) < 4.78 is 6.72. The summed E-state index contributed by atoms with van der Waals surface area (Å²) in [7, 11) is 1.65. The summed E-state index contributed by atoms with van der Waals surface area (Å²) in [6.07, 6.45) is 4.96. The summed E-state index contributed by atoms with van der Waals surface area (Å²) >= 11 is 3.56. The third-order valence-electron chi connectivity index (χ3n) is 5.55. The lowest BCUT2D eigenvalue weighted by atomic mass is 9.64. The highest BCUT2D eigenvalue weighted by molar-refractivity contribution is 9.10. The lowest BCUT2D eigenvalue weighted by Crippen LogP contribution is -2.56. The van der Waals surface area contributed by atoms with Crippen molar-refractivity contribution < 1.29 is 9.53 Å². The molecule has 1 heterocycles. The van der Waals surface area contributed by atoms with E-state index in [1.807, 2.05) is 6.07 Å². The minimum absolute atomic E-state index is 0. The van der Waals surface area contributed by atoms with Crippen LogP contribution < -0.4 is 10.6 Å². The van der Waals surface area contributed by atoms with E-state index in [1.165, 1.54) is 12.0 Å². The molecule has 4 nitrogen and oxygen atoms in total. The molecule has 3 rings (SSSR count). The Bertz CT molecular complexity index is 572. The van der Waals surface area contributed by atoms with Crippen molar-refractivity contribution in [2.75, 3.05) is 26.7 Å². The zero-order valence-corrected chi connectivity index (χ0v) is 16.5. The van der Waals surface area contributed by atoms with Crippen molar-refractivity contribution >= 4 is 34.2 Å². The van der Waals surface area contributed by atoms with E-state index in [-0.39, 0.29) is 23.7 Å². The summed E-state index contributed by atoms with van der Waals surface area (Å²) in [4.78, 5) is 12.8. The number of piperidine rings is 1. The smallest absolute Gasteiger partial charge is 0.252 e. The lowest BCUT2D eigenvalue weighted by molar-refractivity contribution is -0.147. The fourth-order valence-corrected chi connectivity index (χ4v) is 4.15. The average molecular weight is 418 g/mol. The monoisotopic (exact) mass is 416 g/mol. The number of rotatable bonds is 5. The molecule has 1 aromatic rings. The van der Waals surface area contributed by atoms with Crippen LogP contribution in [0.5, 0.6) is 0 Å². The first-order valence-electron chi connectivity index (χ1n) is 8.41. The number of ether oxygens (including phenoxy) is 1. The van der Waals surface area contributed by atoms with Gasteiger partial charge in [0.15, 0.2) is 0 Å². The van der Waals surface area contributed by atoms with Gasteiger partial charge in [-0.15, -0.1) is 12.4 Å². The number of methoxy groups -OCH3 is 1. The summed E-state index contributed by atoms with van der Waals surface area (Å²) in [5.74, 6) is 0.0442. The summed E-state index contributed by atoms with van der Waals surface area (Å²) in [5, 5.41) is 6.49. The molecule has 6 heteroatoms. The number of hydrogen-bond donors (Lipinski definition) is 2. The molecule has 0 aromatic heterocycles. The van der Waals surface area contributed by atoms with Crippen molar-refractivity contribution in [2.24, 2.45) is 0 Å². The van der Waals surface area contributed by atoms with Crippen LogP contribution in [0.2, 0.25) is 0 Å². The largest absolute Gasteiger partial charge is 0.368 e. The van der Waals surface area contributed by atoms with Crippen molar-refractivity contribution in [3.05, 3.63) is 34.3 Å². The third-order valence-corrected chi connectivity index (χ3v) is 6.04. The minimum atomic E-state index is -0.659. The molecular formula is C18H26BrClN2O2. The highest BCUT2D eigenvalue weighted by Crippen LogP contribution is 2.44. The number of benzene rings is 1. The van der Waals surface area contributed by atoms with Crippen molar-refractivity contribution in [1.82, 2.24) is 10.6 Å². The predicted molar refractivity (Wildman–Crippen MR) is 102 cm³/mol. The Balaban J connectivity index is 0.00000208. The molecule has 2 fully saturated rings. The normalized spacial score (nSPS) is 21.2. The average Bonchev–Trinajstić information content (AvgIpc) is 2.54. The first-order chi connectivity index (χ1) is 11.1. The number of carbonyl (C=O) groups is 1. The van der Waals surface area contributed by atoms with Crippen LogP contribution in [0.3, 0.4) is 0 Å². The quantitative estimate of drug-likeness (QED) is 0.773. The number of halogens is 2. The fraction of sp³-hybridized carbons (Fsp3) is 0.611. The van der Waals surface area contributed by atoms with E-state index in [2.05, 4.69) is 44.8 Å². The van der Waals surface area contributed by atoms with Crippen LogP contribution in [0, 0.1) is 0 Å². The Labute approximate surface area is 158 Å². The maximum atomic E-state index is 12.8. The molecule has 1 aliphatic heterocycles. The second kappa shape index (κ2) is 8.17. The summed E-state index contributed by atoms with van der Waals surface area (Å²) in [6, 6.07) is 8.47. The van der Waals surface area contributed by atoms with E-state index in [4.69, 9.17) is 4.74 Å². The lowest BCUT2D eigenvalue weighted by Gasteiger charge is -2.44. The molecular weight excluding hydrogens is 392 g/mol. The van der Waals surface area contributed by atoms with Gasteiger partial charge in [-0.05, 0) is 56.5 Å². The molecule has 1 aromatic carbocycles. The first-order valence-corrected chi connectivity index (χ1v) is 9.20. The Hall–Kier alpha value is -0.620. The minimum Gasteiger partial charge on any atom is -0.368 e. The van der Waals surface area contributed by atoms with Gasteiger partial charge in [0, 0.05) is 23.5 Å². The zero-order valence-electron chi connectivity index (χ0n) is 14.1. The number of carbonyl (C=O) groups excluding carboxylic acids is 1. The first kappa shape index (κ1) is 19.7. The van der Waals surface area contributed by atoms with Gasteiger partial charge < -0.3 is 15.4 Å². The molecule has 1 saturated heterocycles. The Morgan fingerprint density at radius 3 is 2.54 bits per heavy atom. The van der Waals surface area contributed by atoms with Crippen molar-refractivity contribution in [3.8, 4) is 0 Å². The molecule has 1 saturated carbocycles. The molecule has 0 unspecified atom stereocenters. The molecule has 24 heavy (non-hydrogen) atoms. The van der Waals surface area contributed by atoms with Gasteiger partial charge in [-0.3, -0.25) is 4.79 Å². The summed E-state index contributed by atoms with van der Waals surface area (Å²) in [6.45, 7) is 2.36. The van der Waals surface area contributed by atoms with Crippen LogP contribution in [0.15, 0.2) is 28.7 Å². The SMILES string of the molecule is COC1(C(=O)NCC2(c3cccc(Br)c3)CCC2)CCNCC1.Cl. The van der Waals surface area contributed by atoms with Crippen LogP contribution in [-0.4, -0.2) is 38.3 Å². The van der Waals surface area contributed by atoms with Gasteiger partial charge in [0.25, 0.3) is 5.91 Å². The maximum Gasteiger partial charge on any atom is 0.252 e. The van der Waals surface area contributed by atoms with E-state index in [0.717, 1.165) is 43.2 Å². The van der Waals surface area contributed by atoms with E-state index in [1.54, 1.807) is 7.11 Å². The van der Waals surface area contributed by atoms with Crippen LogP contribution >= 0.6 is 28.3 Å². The molecule has 0 atom stereocenters. The third kappa shape index (κ3) is 3.79. The van der Waals surface area contributed by atoms with Gasteiger partial charge in [-0.1, -0.05) is 34.5 Å². The van der Waals surface area contributed by atoms with Gasteiger partial charge in [0.2, 0.25) is 0 Å². The molecule has 0 spiro atoms. The van der Waals surface area contributed by atoms with Gasteiger partial charge in [0.05, 0.1) is 0 Å². The van der Waals surface area contributed by atoms with E-state index >= 15 is 0 Å². The molecule has 2 N–H and O–H groups in total. The number of nitrogens with one attached hydrogen (secondary N) is 2. The highest BCUT2D eigenvalue weighted by Gasteiger charge is 2.43. The van der Waals surface area contributed by atoms with Crippen LogP contribution in [0.25, 0.3) is 0 Å². The fourth-order valence-electron chi connectivity index (χ4n) is 3.75. The molecule has 134 valence electrons. The zero-order chi connectivity index (χ0) is 16.3. The van der Waals surface area contributed by atoms with Crippen LogP contribution in [0.4, 0.5) is 0 Å². The number of amides is 1. The molecule has 1 amide bonds. The predicted octanol–water partition coefficient (Wildman–Crippen LogP) is 3.18. The van der Waals surface area contributed by atoms with Crippen molar-refractivity contribution in [2.45, 2.75) is 43.1 Å². The molecule has 0 bridgehead atoms. The number of hydrogen-bond acceptors (Lipinski definition) is 3. The van der Waals surface area contributed by atoms with Gasteiger partial charge in [-0.2, -0.15) is 0 Å². The van der Waals surface area contributed by atoms with Crippen molar-refractivity contribution in [3.63, 3.8) is 0 Å². The van der Waals surface area contributed by atoms with E-state index in [9.17, 15) is 4.79 Å². The summed E-state index contributed by atoms with van der Waals surface area (Å²) in [5.41, 5.74) is 0.740. The molecule has 1 aliphatic carbocycles. The van der Waals surface area contributed by atoms with Crippen molar-refractivity contribution in [1.29, 1.82) is 0 Å². The van der Waals surface area contributed by atoms with E-state index in [0.29, 0.717) is 6.54 Å². The van der Waals surface area contributed by atoms with Gasteiger partial charge in [-0.25, -0.2) is 0 Å². The van der Waals surface area contributed by atoms with E-state index < -0.39 is 5.60 Å². The van der Waals surface area contributed by atoms with Crippen LogP contribution in [0.1, 0.15) is 37.7 Å². The second-order valence-corrected chi connectivity index (χ2v) is 7.69. The molecule has 0 radical (unpaired) electrons. The second-order valence-electron chi connectivity index (χ2n) is 6.78. The Morgan fingerprint density at radius 1 is 1.29 bits per heavy atom. The van der Waals surface area contributed by atoms with Crippen LogP contribution in [-0.2, 0) is 14.9 Å². The Kier molecular flexibility index (Phi) is 6.71. The molecule has 2 aliphatic rings. The van der Waals surface area contributed by atoms with Gasteiger partial charge in [0.1, 0.15) is 5.60 Å².